The van der Waals surface area contributed by atoms with Crippen LogP contribution in [0.3, 0.4) is 0 Å². The zero-order chi connectivity index (χ0) is 19.9. The van der Waals surface area contributed by atoms with Gasteiger partial charge in [-0.05, 0) is 45.4 Å². The average Bonchev–Trinajstić information content (AvgIpc) is 2.57. The molecule has 7 heteroatoms. The van der Waals surface area contributed by atoms with E-state index in [4.69, 9.17) is 18.9 Å². The summed E-state index contributed by atoms with van der Waals surface area (Å²) in [5, 5.41) is 0. The molecule has 26 heavy (non-hydrogen) atoms. The maximum atomic E-state index is 12.4. The third-order valence-electron chi connectivity index (χ3n) is 3.58. The van der Waals surface area contributed by atoms with Crippen molar-refractivity contribution >= 4 is 12.1 Å². The highest BCUT2D eigenvalue weighted by atomic mass is 16.6. The number of ether oxygens (including phenoxy) is 4. The molecule has 0 N–H and O–H groups in total. The van der Waals surface area contributed by atoms with Crippen LogP contribution in [-0.2, 0) is 20.7 Å². The number of hydrogen-bond acceptors (Lipinski definition) is 6. The fourth-order valence-electron chi connectivity index (χ4n) is 2.31. The largest absolute Gasteiger partial charge is 0.493 e. The van der Waals surface area contributed by atoms with Gasteiger partial charge in [-0.3, -0.25) is 4.90 Å². The first-order valence-electron chi connectivity index (χ1n) is 8.46. The number of amides is 1. The first kappa shape index (κ1) is 21.6. The number of carbonyl (C=O) groups excluding carboxylic acids is 2. The Morgan fingerprint density at radius 3 is 2.23 bits per heavy atom. The van der Waals surface area contributed by atoms with E-state index in [1.807, 2.05) is 6.07 Å². The molecule has 0 spiro atoms. The molecule has 1 atom stereocenters. The molecule has 0 saturated heterocycles. The number of nitrogens with zero attached hydrogens (tertiary/aromatic N) is 1. The Labute approximate surface area is 155 Å². The van der Waals surface area contributed by atoms with Gasteiger partial charge in [0.25, 0.3) is 0 Å². The molecule has 1 amide bonds. The summed E-state index contributed by atoms with van der Waals surface area (Å²) in [5.41, 5.74) is 0.143. The van der Waals surface area contributed by atoms with Crippen molar-refractivity contribution in [2.24, 2.45) is 0 Å². The van der Waals surface area contributed by atoms with Crippen molar-refractivity contribution < 1.29 is 28.5 Å². The lowest BCUT2D eigenvalue weighted by molar-refractivity contribution is -0.148. The predicted octanol–water partition coefficient (Wildman–Crippen LogP) is 3.04. The molecule has 0 aliphatic carbocycles. The Hall–Kier alpha value is -2.44. The van der Waals surface area contributed by atoms with E-state index in [0.717, 1.165) is 5.56 Å². The summed E-state index contributed by atoms with van der Waals surface area (Å²) in [5.74, 6) is 0.646. The van der Waals surface area contributed by atoms with Gasteiger partial charge in [0, 0.05) is 13.5 Å². The van der Waals surface area contributed by atoms with Crippen molar-refractivity contribution in [1.82, 2.24) is 4.90 Å². The second-order valence-corrected chi connectivity index (χ2v) is 6.75. The van der Waals surface area contributed by atoms with Crippen LogP contribution in [0.4, 0.5) is 4.79 Å². The van der Waals surface area contributed by atoms with Crippen LogP contribution in [0.2, 0.25) is 0 Å². The van der Waals surface area contributed by atoms with Crippen LogP contribution in [-0.4, -0.2) is 56.5 Å². The van der Waals surface area contributed by atoms with E-state index in [9.17, 15) is 9.59 Å². The molecule has 0 aromatic heterocycles. The molecule has 0 saturated carbocycles. The van der Waals surface area contributed by atoms with Crippen molar-refractivity contribution in [1.29, 1.82) is 0 Å². The Kier molecular flexibility index (Phi) is 7.74. The summed E-state index contributed by atoms with van der Waals surface area (Å²) in [6.07, 6.45) is -0.328. The summed E-state index contributed by atoms with van der Waals surface area (Å²) in [4.78, 5) is 26.0. The molecule has 0 aliphatic rings. The van der Waals surface area contributed by atoms with Gasteiger partial charge in [-0.2, -0.15) is 0 Å². The SMILES string of the molecule is CCOC(=O)[C@H](Cc1ccc(OC)c(OC)c1)N([11CH3])C(=O)OC(C)(C)C. The third kappa shape index (κ3) is 6.13. The van der Waals surface area contributed by atoms with Gasteiger partial charge in [-0.25, -0.2) is 9.59 Å². The smallest absolute Gasteiger partial charge is 0.410 e. The minimum Gasteiger partial charge on any atom is -0.493 e. The van der Waals surface area contributed by atoms with E-state index in [1.165, 1.54) is 19.1 Å². The molecule has 146 valence electrons. The normalized spacial score (nSPS) is 12.1. The highest BCUT2D eigenvalue weighted by Crippen LogP contribution is 2.28. The van der Waals surface area contributed by atoms with Gasteiger partial charge in [-0.1, -0.05) is 6.07 Å². The van der Waals surface area contributed by atoms with Gasteiger partial charge >= 0.3 is 12.1 Å². The second-order valence-electron chi connectivity index (χ2n) is 6.75. The van der Waals surface area contributed by atoms with E-state index in [1.54, 1.807) is 46.9 Å². The van der Waals surface area contributed by atoms with Crippen LogP contribution < -0.4 is 9.47 Å². The van der Waals surface area contributed by atoms with Crippen LogP contribution in [0, 0.1) is 0 Å². The summed E-state index contributed by atoms with van der Waals surface area (Å²) >= 11 is 0. The molecule has 7 nitrogen and oxygen atoms in total. The summed E-state index contributed by atoms with van der Waals surface area (Å²) in [6, 6.07) is 4.52. The van der Waals surface area contributed by atoms with Gasteiger partial charge in [-0.15, -0.1) is 0 Å². The van der Waals surface area contributed by atoms with Gasteiger partial charge < -0.3 is 18.9 Å². The van der Waals surface area contributed by atoms with Gasteiger partial charge in [0.1, 0.15) is 11.6 Å². The lowest BCUT2D eigenvalue weighted by Gasteiger charge is -2.29. The molecule has 0 heterocycles. The standard InChI is InChI=1S/C19H29NO6/c1-8-25-17(21)14(20(5)18(22)26-19(2,3)4)11-13-9-10-15(23-6)16(12-13)24-7/h9-10,12,14H,8,11H2,1-7H3/t14-/m0/s1/i5-1. The highest BCUT2D eigenvalue weighted by molar-refractivity contribution is 5.81. The molecule has 0 radical (unpaired) electrons. The van der Waals surface area contributed by atoms with E-state index < -0.39 is 23.7 Å². The van der Waals surface area contributed by atoms with Crippen molar-refractivity contribution in [2.75, 3.05) is 27.9 Å². The minimum absolute atomic E-state index is 0.226. The molecule has 0 bridgehead atoms. The molecule has 1 rings (SSSR count). The minimum atomic E-state index is -0.817. The topological polar surface area (TPSA) is 74.3 Å². The van der Waals surface area contributed by atoms with Crippen molar-refractivity contribution in [3.8, 4) is 11.5 Å². The Balaban J connectivity index is 3.07. The number of likely N-dealkylation sites (N-methyl/N-ethyl adjacent to an activating group) is 1. The summed E-state index contributed by atoms with van der Waals surface area (Å²) in [6.45, 7) is 7.26. The zero-order valence-electron chi connectivity index (χ0n) is 16.6. The molecule has 1 aromatic carbocycles. The van der Waals surface area contributed by atoms with Crippen LogP contribution >= 0.6 is 0 Å². The summed E-state index contributed by atoms with van der Waals surface area (Å²) in [7, 11) is 4.61. The maximum Gasteiger partial charge on any atom is 0.410 e. The van der Waals surface area contributed by atoms with Crippen LogP contribution in [0.1, 0.15) is 33.3 Å². The van der Waals surface area contributed by atoms with Gasteiger partial charge in [0.15, 0.2) is 11.5 Å². The zero-order valence-corrected chi connectivity index (χ0v) is 16.6. The third-order valence-corrected chi connectivity index (χ3v) is 3.58. The van der Waals surface area contributed by atoms with Gasteiger partial charge in [0.05, 0.1) is 20.8 Å². The predicted molar refractivity (Wildman–Crippen MR) is 97.7 cm³/mol. The lowest BCUT2D eigenvalue weighted by atomic mass is 10.0. The second kappa shape index (κ2) is 9.31. The Morgan fingerprint density at radius 2 is 1.73 bits per heavy atom. The van der Waals surface area contributed by atoms with Crippen molar-refractivity contribution in [2.45, 2.75) is 45.8 Å². The maximum absolute atomic E-state index is 12.4. The van der Waals surface area contributed by atoms with Crippen molar-refractivity contribution in [3.63, 3.8) is 0 Å². The molecular weight excluding hydrogens is 337 g/mol. The number of carbonyl (C=O) groups is 2. The van der Waals surface area contributed by atoms with Gasteiger partial charge in [0.2, 0.25) is 0 Å². The van der Waals surface area contributed by atoms with Crippen LogP contribution in [0.5, 0.6) is 11.5 Å². The number of esters is 1. The number of benzene rings is 1. The fraction of sp³-hybridized carbons (Fsp3) is 0.579. The average molecular weight is 366 g/mol. The first-order valence-corrected chi connectivity index (χ1v) is 8.46. The number of methoxy groups -OCH3 is 2. The van der Waals surface area contributed by atoms with Crippen molar-refractivity contribution in [3.05, 3.63) is 23.8 Å². The molecule has 1 aromatic rings. The molecule has 0 fully saturated rings. The quantitative estimate of drug-likeness (QED) is 0.691. The van der Waals surface area contributed by atoms with Crippen LogP contribution in [0.15, 0.2) is 18.2 Å². The first-order chi connectivity index (χ1) is 12.1. The van der Waals surface area contributed by atoms with E-state index in [0.29, 0.717) is 11.5 Å². The fourth-order valence-corrected chi connectivity index (χ4v) is 2.31. The molecular formula is C19H29NO6. The molecule has 0 unspecified atom stereocenters. The summed E-state index contributed by atoms with van der Waals surface area (Å²) < 4.78 is 21.0. The molecule has 0 aliphatic heterocycles. The number of rotatable bonds is 7. The highest BCUT2D eigenvalue weighted by Gasteiger charge is 2.31. The van der Waals surface area contributed by atoms with E-state index >= 15 is 0 Å². The Bertz CT molecular complexity index is 623. The number of hydrogen-bond donors (Lipinski definition) is 0. The Morgan fingerprint density at radius 1 is 1.12 bits per heavy atom. The van der Waals surface area contributed by atoms with Crippen LogP contribution in [0.25, 0.3) is 0 Å². The van der Waals surface area contributed by atoms with E-state index in [2.05, 4.69) is 0 Å². The lowest BCUT2D eigenvalue weighted by Crippen LogP contribution is -2.46. The van der Waals surface area contributed by atoms with E-state index in [-0.39, 0.29) is 13.0 Å². The monoisotopic (exact) mass is 366 g/mol.